The Morgan fingerprint density at radius 3 is 2.55 bits per heavy atom. The van der Waals surface area contributed by atoms with Crippen molar-refractivity contribution < 1.29 is 14.7 Å². The van der Waals surface area contributed by atoms with Crippen molar-refractivity contribution in [2.24, 2.45) is 5.92 Å². The molecule has 1 aromatic rings. The number of nitrogens with zero attached hydrogens (tertiary/aromatic N) is 2. The van der Waals surface area contributed by atoms with E-state index in [1.807, 2.05) is 31.4 Å². The Balaban J connectivity index is 2.53. The molecule has 0 unspecified atom stereocenters. The minimum absolute atomic E-state index is 0.0553. The monoisotopic (exact) mass is 298 g/mol. The smallest absolute Gasteiger partial charge is 0.317 e. The van der Waals surface area contributed by atoms with Crippen LogP contribution in [0.15, 0.2) is 17.5 Å². The van der Waals surface area contributed by atoms with Gasteiger partial charge in [-0.15, -0.1) is 11.3 Å². The molecule has 0 fully saturated rings. The summed E-state index contributed by atoms with van der Waals surface area (Å²) in [6.45, 7) is 5.23. The van der Waals surface area contributed by atoms with E-state index in [2.05, 4.69) is 0 Å². The van der Waals surface area contributed by atoms with Gasteiger partial charge in [-0.1, -0.05) is 19.9 Å². The minimum Gasteiger partial charge on any atom is -0.480 e. The number of aliphatic carboxylic acids is 1. The van der Waals surface area contributed by atoms with Gasteiger partial charge in [-0.2, -0.15) is 0 Å². The van der Waals surface area contributed by atoms with Crippen molar-refractivity contribution in [2.75, 3.05) is 26.7 Å². The summed E-state index contributed by atoms with van der Waals surface area (Å²) in [5.41, 5.74) is 0. The number of carbonyl (C=O) groups excluding carboxylic acids is 1. The van der Waals surface area contributed by atoms with Crippen molar-refractivity contribution in [3.8, 4) is 0 Å². The number of carbonyl (C=O) groups is 2. The van der Waals surface area contributed by atoms with Crippen LogP contribution < -0.4 is 0 Å². The number of rotatable bonds is 8. The topological polar surface area (TPSA) is 60.9 Å². The third-order valence-corrected chi connectivity index (χ3v) is 3.60. The van der Waals surface area contributed by atoms with Crippen molar-refractivity contribution in [1.82, 2.24) is 9.80 Å². The lowest BCUT2D eigenvalue weighted by Crippen LogP contribution is -2.41. The molecule has 1 aromatic heterocycles. The zero-order chi connectivity index (χ0) is 15.1. The molecule has 0 radical (unpaired) electrons. The molecule has 1 N–H and O–H groups in total. The third-order valence-electron chi connectivity index (χ3n) is 2.74. The van der Waals surface area contributed by atoms with Gasteiger partial charge < -0.3 is 10.0 Å². The van der Waals surface area contributed by atoms with Crippen LogP contribution in [0.4, 0.5) is 0 Å². The molecule has 0 aliphatic carbocycles. The minimum atomic E-state index is -0.903. The molecule has 0 aromatic carbocycles. The maximum atomic E-state index is 12.1. The van der Waals surface area contributed by atoms with Gasteiger partial charge in [0.05, 0.1) is 19.6 Å². The predicted octanol–water partition coefficient (Wildman–Crippen LogP) is 1.75. The number of hydrogen-bond acceptors (Lipinski definition) is 4. The van der Waals surface area contributed by atoms with E-state index in [1.165, 1.54) is 0 Å². The molecule has 112 valence electrons. The standard InChI is InChI=1S/C14H22N2O3S/c1-11(2)7-16(10-14(18)19)9-13(17)15(3)8-12-5-4-6-20-12/h4-6,11H,7-10H2,1-3H3,(H,18,19). The van der Waals surface area contributed by atoms with Crippen molar-refractivity contribution in [3.63, 3.8) is 0 Å². The lowest BCUT2D eigenvalue weighted by Gasteiger charge is -2.24. The van der Waals surface area contributed by atoms with Gasteiger partial charge in [0.2, 0.25) is 5.91 Å². The van der Waals surface area contributed by atoms with E-state index < -0.39 is 5.97 Å². The molecule has 0 aliphatic heterocycles. The molecular weight excluding hydrogens is 276 g/mol. The van der Waals surface area contributed by atoms with Gasteiger partial charge in [-0.05, 0) is 17.4 Å². The van der Waals surface area contributed by atoms with Crippen LogP contribution in [0.1, 0.15) is 18.7 Å². The van der Waals surface area contributed by atoms with Crippen molar-refractivity contribution in [3.05, 3.63) is 22.4 Å². The van der Waals surface area contributed by atoms with Gasteiger partial charge in [0, 0.05) is 18.5 Å². The van der Waals surface area contributed by atoms with Crippen LogP contribution in [0.25, 0.3) is 0 Å². The number of carboxylic acid groups (broad SMARTS) is 1. The molecule has 0 aliphatic rings. The summed E-state index contributed by atoms with van der Waals surface area (Å²) < 4.78 is 0. The normalized spacial score (nSPS) is 11.1. The van der Waals surface area contributed by atoms with Crippen LogP contribution in [-0.2, 0) is 16.1 Å². The lowest BCUT2D eigenvalue weighted by molar-refractivity contribution is -0.139. The summed E-state index contributed by atoms with van der Waals surface area (Å²) in [5.74, 6) is -0.635. The van der Waals surface area contributed by atoms with Gasteiger partial charge in [0.25, 0.3) is 0 Å². The van der Waals surface area contributed by atoms with Crippen LogP contribution in [0, 0.1) is 5.92 Å². The van der Waals surface area contributed by atoms with Gasteiger partial charge >= 0.3 is 5.97 Å². The van der Waals surface area contributed by atoms with E-state index in [0.29, 0.717) is 19.0 Å². The highest BCUT2D eigenvalue weighted by Crippen LogP contribution is 2.11. The van der Waals surface area contributed by atoms with Gasteiger partial charge in [0.15, 0.2) is 0 Å². The van der Waals surface area contributed by atoms with Gasteiger partial charge in [-0.3, -0.25) is 14.5 Å². The highest BCUT2D eigenvalue weighted by Gasteiger charge is 2.18. The van der Waals surface area contributed by atoms with E-state index in [0.717, 1.165) is 4.88 Å². The average Bonchev–Trinajstić information content (AvgIpc) is 2.79. The Kier molecular flexibility index (Phi) is 6.67. The van der Waals surface area contributed by atoms with Crippen molar-refractivity contribution in [2.45, 2.75) is 20.4 Å². The molecule has 0 atom stereocenters. The fraction of sp³-hybridized carbons (Fsp3) is 0.571. The molecule has 0 saturated carbocycles. The van der Waals surface area contributed by atoms with Gasteiger partial charge in [0.1, 0.15) is 0 Å². The number of hydrogen-bond donors (Lipinski definition) is 1. The van der Waals surface area contributed by atoms with Gasteiger partial charge in [-0.25, -0.2) is 0 Å². The molecule has 0 bridgehead atoms. The Morgan fingerprint density at radius 2 is 2.05 bits per heavy atom. The Morgan fingerprint density at radius 1 is 1.35 bits per heavy atom. The maximum Gasteiger partial charge on any atom is 0.317 e. The number of thiophene rings is 1. The summed E-state index contributed by atoms with van der Waals surface area (Å²) in [6, 6.07) is 3.94. The molecule has 1 amide bonds. The predicted molar refractivity (Wildman–Crippen MR) is 79.7 cm³/mol. The fourth-order valence-electron chi connectivity index (χ4n) is 1.93. The quantitative estimate of drug-likeness (QED) is 0.794. The Hall–Kier alpha value is -1.40. The summed E-state index contributed by atoms with van der Waals surface area (Å²) in [5, 5.41) is 10.9. The van der Waals surface area contributed by atoms with E-state index >= 15 is 0 Å². The summed E-state index contributed by atoms with van der Waals surface area (Å²) in [7, 11) is 1.75. The van der Waals surface area contributed by atoms with E-state index in [4.69, 9.17) is 5.11 Å². The largest absolute Gasteiger partial charge is 0.480 e. The molecule has 1 heterocycles. The summed E-state index contributed by atoms with van der Waals surface area (Å²) in [4.78, 5) is 27.4. The van der Waals surface area contributed by atoms with E-state index in [-0.39, 0.29) is 19.0 Å². The fourth-order valence-corrected chi connectivity index (χ4v) is 2.69. The maximum absolute atomic E-state index is 12.1. The second-order valence-electron chi connectivity index (χ2n) is 5.29. The third kappa shape index (κ3) is 6.16. The first kappa shape index (κ1) is 16.7. The molecule has 0 spiro atoms. The van der Waals surface area contributed by atoms with Crippen LogP contribution in [0.2, 0.25) is 0 Å². The molecule has 0 saturated heterocycles. The summed E-state index contributed by atoms with van der Waals surface area (Å²) >= 11 is 1.61. The second kappa shape index (κ2) is 8.01. The number of likely N-dealkylation sites (N-methyl/N-ethyl adjacent to an activating group) is 1. The Labute approximate surface area is 123 Å². The summed E-state index contributed by atoms with van der Waals surface area (Å²) in [6.07, 6.45) is 0. The SMILES string of the molecule is CC(C)CN(CC(=O)O)CC(=O)N(C)Cc1cccs1. The molecule has 6 heteroatoms. The Bertz CT molecular complexity index is 432. The molecular formula is C14H22N2O3S. The zero-order valence-electron chi connectivity index (χ0n) is 12.2. The van der Waals surface area contributed by atoms with Crippen molar-refractivity contribution >= 4 is 23.2 Å². The van der Waals surface area contributed by atoms with Crippen LogP contribution in [0.3, 0.4) is 0 Å². The molecule has 1 rings (SSSR count). The second-order valence-corrected chi connectivity index (χ2v) is 6.32. The van der Waals surface area contributed by atoms with Crippen LogP contribution in [-0.4, -0.2) is 53.5 Å². The zero-order valence-corrected chi connectivity index (χ0v) is 13.0. The highest BCUT2D eigenvalue weighted by atomic mass is 32.1. The molecule has 20 heavy (non-hydrogen) atoms. The first-order valence-electron chi connectivity index (χ1n) is 6.59. The lowest BCUT2D eigenvalue weighted by atomic mass is 10.2. The van der Waals surface area contributed by atoms with E-state index in [9.17, 15) is 9.59 Å². The first-order valence-corrected chi connectivity index (χ1v) is 7.47. The first-order chi connectivity index (χ1) is 9.38. The average molecular weight is 298 g/mol. The number of carboxylic acids is 1. The number of amides is 1. The van der Waals surface area contributed by atoms with Crippen molar-refractivity contribution in [1.29, 1.82) is 0 Å². The van der Waals surface area contributed by atoms with E-state index in [1.54, 1.807) is 28.2 Å². The highest BCUT2D eigenvalue weighted by molar-refractivity contribution is 7.09. The van der Waals surface area contributed by atoms with Crippen LogP contribution >= 0.6 is 11.3 Å². The molecule has 5 nitrogen and oxygen atoms in total. The van der Waals surface area contributed by atoms with Crippen LogP contribution in [0.5, 0.6) is 0 Å².